The first-order chi connectivity index (χ1) is 11.2. The third-order valence-electron chi connectivity index (χ3n) is 5.18. The van der Waals surface area contributed by atoms with Crippen LogP contribution in [0.3, 0.4) is 0 Å². The summed E-state index contributed by atoms with van der Waals surface area (Å²) in [5.41, 5.74) is 1.09. The zero-order valence-corrected chi connectivity index (χ0v) is 13.9. The second-order valence-corrected chi connectivity index (χ2v) is 7.69. The van der Waals surface area contributed by atoms with Gasteiger partial charge in [-0.1, -0.05) is 6.07 Å². The van der Waals surface area contributed by atoms with Gasteiger partial charge in [-0.3, -0.25) is 14.7 Å². The maximum Gasteiger partial charge on any atom is 0.228 e. The Morgan fingerprint density at radius 3 is 2.74 bits per heavy atom. The highest BCUT2D eigenvalue weighted by atomic mass is 32.1. The van der Waals surface area contributed by atoms with Crippen molar-refractivity contribution in [3.63, 3.8) is 0 Å². The van der Waals surface area contributed by atoms with Crippen molar-refractivity contribution >= 4 is 17.2 Å². The molecule has 0 radical (unpaired) electrons. The normalized spacial score (nSPS) is 24.0. The molecule has 1 atom stereocenters. The molecule has 2 saturated heterocycles. The number of nitrogens with one attached hydrogen (secondary N) is 1. The van der Waals surface area contributed by atoms with Gasteiger partial charge in [-0.15, -0.1) is 11.3 Å². The number of carbonyl (C=O) groups excluding carboxylic acids is 1. The van der Waals surface area contributed by atoms with E-state index in [0.29, 0.717) is 0 Å². The number of piperidine rings is 1. The zero-order chi connectivity index (χ0) is 15.7. The molecule has 120 valence electrons. The molecule has 0 unspecified atom stereocenters. The maximum absolute atomic E-state index is 12.4. The van der Waals surface area contributed by atoms with Crippen molar-refractivity contribution in [2.75, 3.05) is 13.1 Å². The molecule has 0 bridgehead atoms. The minimum atomic E-state index is -0.0122. The lowest BCUT2D eigenvalue weighted by atomic mass is 9.82. The topological polar surface area (TPSA) is 45.2 Å². The van der Waals surface area contributed by atoms with E-state index in [1.54, 1.807) is 12.4 Å². The van der Waals surface area contributed by atoms with Crippen LogP contribution in [0, 0.1) is 0 Å². The van der Waals surface area contributed by atoms with Crippen LogP contribution in [0.5, 0.6) is 0 Å². The molecule has 5 heteroatoms. The molecular weight excluding hydrogens is 306 g/mol. The third kappa shape index (κ3) is 3.03. The number of likely N-dealkylation sites (tertiary alicyclic amines) is 1. The van der Waals surface area contributed by atoms with Gasteiger partial charge in [-0.25, -0.2) is 0 Å². The summed E-state index contributed by atoms with van der Waals surface area (Å²) in [5, 5.41) is 5.45. The number of hydrogen-bond donors (Lipinski definition) is 1. The molecule has 1 spiro atoms. The fourth-order valence-electron chi connectivity index (χ4n) is 3.84. The van der Waals surface area contributed by atoms with E-state index in [1.807, 2.05) is 23.5 Å². The maximum atomic E-state index is 12.4. The molecule has 1 N–H and O–H groups in total. The first-order valence-corrected chi connectivity index (χ1v) is 9.09. The number of carbonyl (C=O) groups is 1. The monoisotopic (exact) mass is 327 g/mol. The van der Waals surface area contributed by atoms with Crippen molar-refractivity contribution in [1.29, 1.82) is 0 Å². The molecule has 2 fully saturated rings. The minimum absolute atomic E-state index is 0.00301. The molecule has 4 rings (SSSR count). The number of thiophene rings is 1. The lowest BCUT2D eigenvalue weighted by molar-refractivity contribution is -0.121. The van der Waals surface area contributed by atoms with Gasteiger partial charge >= 0.3 is 0 Å². The van der Waals surface area contributed by atoms with E-state index in [1.165, 1.54) is 4.88 Å². The predicted molar refractivity (Wildman–Crippen MR) is 91.3 cm³/mol. The van der Waals surface area contributed by atoms with E-state index in [2.05, 4.69) is 32.7 Å². The van der Waals surface area contributed by atoms with Gasteiger partial charge in [0.25, 0.3) is 0 Å². The molecule has 0 aliphatic carbocycles. The molecular formula is C18H21N3OS. The van der Waals surface area contributed by atoms with E-state index >= 15 is 0 Å². The quantitative estimate of drug-likeness (QED) is 0.943. The molecule has 1 amide bonds. The molecule has 2 aliphatic rings. The van der Waals surface area contributed by atoms with Gasteiger partial charge in [0.15, 0.2) is 0 Å². The van der Waals surface area contributed by atoms with Crippen LogP contribution in [0.2, 0.25) is 0 Å². The molecule has 2 aliphatic heterocycles. The van der Waals surface area contributed by atoms with E-state index < -0.39 is 0 Å². The van der Waals surface area contributed by atoms with E-state index in [9.17, 15) is 4.79 Å². The van der Waals surface area contributed by atoms with Crippen molar-refractivity contribution in [1.82, 2.24) is 15.2 Å². The molecule has 2 aromatic rings. The van der Waals surface area contributed by atoms with Crippen LogP contribution >= 0.6 is 11.3 Å². The van der Waals surface area contributed by atoms with Crippen molar-refractivity contribution < 1.29 is 4.79 Å². The molecule has 4 heterocycles. The Bertz CT molecular complexity index is 663. The second kappa shape index (κ2) is 6.06. The Morgan fingerprint density at radius 2 is 2.04 bits per heavy atom. The number of pyridine rings is 1. The highest BCUT2D eigenvalue weighted by Crippen LogP contribution is 2.39. The summed E-state index contributed by atoms with van der Waals surface area (Å²) in [6.07, 6.45) is 6.56. The van der Waals surface area contributed by atoms with Crippen LogP contribution in [0.1, 0.15) is 35.6 Å². The van der Waals surface area contributed by atoms with Crippen LogP contribution in [-0.4, -0.2) is 34.4 Å². The van der Waals surface area contributed by atoms with E-state index in [0.717, 1.165) is 44.5 Å². The summed E-state index contributed by atoms with van der Waals surface area (Å²) in [6, 6.07) is 8.25. The van der Waals surface area contributed by atoms with Gasteiger partial charge in [-0.05, 0) is 48.4 Å². The van der Waals surface area contributed by atoms with Gasteiger partial charge in [0.1, 0.15) is 0 Å². The Labute approximate surface area is 140 Å². The predicted octanol–water partition coefficient (Wildman–Crippen LogP) is 2.78. The fraction of sp³-hybridized carbons (Fsp3) is 0.444. The van der Waals surface area contributed by atoms with Crippen molar-refractivity contribution in [3.8, 4) is 0 Å². The standard InChI is InChI=1S/C18H21N3OS/c22-17-16(14-3-7-19-8-4-14)12-18(20-17)5-9-21(10-6-18)13-15-2-1-11-23-15/h1-4,7-8,11,16H,5-6,9-10,12-13H2,(H,20,22)/t16-/m1/s1. The van der Waals surface area contributed by atoms with Gasteiger partial charge in [-0.2, -0.15) is 0 Å². The first-order valence-electron chi connectivity index (χ1n) is 8.21. The summed E-state index contributed by atoms with van der Waals surface area (Å²) in [5.74, 6) is 0.171. The fourth-order valence-corrected chi connectivity index (χ4v) is 4.59. The van der Waals surface area contributed by atoms with E-state index in [4.69, 9.17) is 0 Å². The highest BCUT2D eigenvalue weighted by molar-refractivity contribution is 7.09. The Balaban J connectivity index is 1.40. The number of rotatable bonds is 3. The van der Waals surface area contributed by atoms with Crippen LogP contribution in [0.15, 0.2) is 42.0 Å². The summed E-state index contributed by atoms with van der Waals surface area (Å²) >= 11 is 1.82. The molecule has 23 heavy (non-hydrogen) atoms. The first kappa shape index (κ1) is 14.8. The number of nitrogens with zero attached hydrogens (tertiary/aromatic N) is 2. The number of hydrogen-bond acceptors (Lipinski definition) is 4. The SMILES string of the molecule is O=C1NC2(CCN(Cc3cccs3)CC2)C[C@@H]1c1ccncc1. The molecule has 2 aromatic heterocycles. The lowest BCUT2D eigenvalue weighted by Crippen LogP contribution is -2.50. The van der Waals surface area contributed by atoms with Gasteiger partial charge < -0.3 is 5.32 Å². The van der Waals surface area contributed by atoms with Gasteiger partial charge in [0.2, 0.25) is 5.91 Å². The van der Waals surface area contributed by atoms with Crippen molar-refractivity contribution in [2.45, 2.75) is 37.3 Å². The molecule has 4 nitrogen and oxygen atoms in total. The third-order valence-corrected chi connectivity index (χ3v) is 6.04. The van der Waals surface area contributed by atoms with Gasteiger partial charge in [0.05, 0.1) is 5.92 Å². The minimum Gasteiger partial charge on any atom is -0.350 e. The Kier molecular flexibility index (Phi) is 3.91. The van der Waals surface area contributed by atoms with Gasteiger partial charge in [0, 0.05) is 42.4 Å². The van der Waals surface area contributed by atoms with Crippen molar-refractivity contribution in [3.05, 3.63) is 52.5 Å². The van der Waals surface area contributed by atoms with Crippen LogP contribution in [-0.2, 0) is 11.3 Å². The summed E-state index contributed by atoms with van der Waals surface area (Å²) in [6.45, 7) is 3.15. The second-order valence-electron chi connectivity index (χ2n) is 6.66. The Morgan fingerprint density at radius 1 is 1.26 bits per heavy atom. The van der Waals surface area contributed by atoms with Crippen molar-refractivity contribution in [2.24, 2.45) is 0 Å². The number of amides is 1. The highest BCUT2D eigenvalue weighted by Gasteiger charge is 2.46. The van der Waals surface area contributed by atoms with Crippen LogP contribution in [0.4, 0.5) is 0 Å². The molecule has 0 aromatic carbocycles. The smallest absolute Gasteiger partial charge is 0.228 e. The number of aromatic nitrogens is 1. The van der Waals surface area contributed by atoms with E-state index in [-0.39, 0.29) is 17.4 Å². The summed E-state index contributed by atoms with van der Waals surface area (Å²) < 4.78 is 0. The Hall–Kier alpha value is -1.72. The average molecular weight is 327 g/mol. The zero-order valence-electron chi connectivity index (χ0n) is 13.1. The van der Waals surface area contributed by atoms with Crippen LogP contribution < -0.4 is 5.32 Å². The van der Waals surface area contributed by atoms with Crippen LogP contribution in [0.25, 0.3) is 0 Å². The largest absolute Gasteiger partial charge is 0.350 e. The molecule has 0 saturated carbocycles. The lowest BCUT2D eigenvalue weighted by Gasteiger charge is -2.39. The average Bonchev–Trinajstić information content (AvgIpc) is 3.19. The summed E-state index contributed by atoms with van der Waals surface area (Å²) in [4.78, 5) is 20.4. The summed E-state index contributed by atoms with van der Waals surface area (Å²) in [7, 11) is 0.